The number of ether oxygens (including phenoxy) is 11. The third-order valence-corrected chi connectivity index (χ3v) is 12.5. The zero-order valence-corrected chi connectivity index (χ0v) is 28.5. The highest BCUT2D eigenvalue weighted by molar-refractivity contribution is 5.09. The Kier molecular flexibility index (Phi) is 10.2. The second-order valence-electron chi connectivity index (χ2n) is 15.2. The first-order valence-corrected chi connectivity index (χ1v) is 17.9. The first-order valence-electron chi connectivity index (χ1n) is 17.9. The quantitative estimate of drug-likeness (QED) is 0.0668. The molecule has 8 bridgehead atoms. The maximum atomic E-state index is 11.0. The lowest BCUT2D eigenvalue weighted by Crippen LogP contribution is -2.77. The van der Waals surface area contributed by atoms with Crippen LogP contribution in [0.25, 0.3) is 0 Å². The molecule has 20 nitrogen and oxygen atoms in total. The Bertz CT molecular complexity index is 1280. The highest BCUT2D eigenvalue weighted by atomic mass is 16.8. The van der Waals surface area contributed by atoms with Crippen molar-refractivity contribution in [1.82, 2.24) is 0 Å². The number of rotatable bonds is 17. The summed E-state index contributed by atoms with van der Waals surface area (Å²) < 4.78 is 63.5. The van der Waals surface area contributed by atoms with Gasteiger partial charge in [-0.1, -0.05) is 6.92 Å². The van der Waals surface area contributed by atoms with E-state index in [1.54, 1.807) is 0 Å². The lowest BCUT2D eigenvalue weighted by Gasteiger charge is -2.62. The lowest BCUT2D eigenvalue weighted by atomic mass is 9.78. The third-order valence-electron chi connectivity index (χ3n) is 12.5. The van der Waals surface area contributed by atoms with E-state index in [1.807, 2.05) is 6.92 Å². The maximum Gasteiger partial charge on any atom is 0.200 e. The minimum absolute atomic E-state index is 0.00749. The van der Waals surface area contributed by atoms with E-state index in [1.165, 1.54) is 0 Å². The largest absolute Gasteiger partial charge is 0.394 e. The molecular weight excluding hydrogens is 704 g/mol. The molecule has 0 saturated carbocycles. The van der Waals surface area contributed by atoms with Gasteiger partial charge in [0.15, 0.2) is 23.1 Å². The van der Waals surface area contributed by atoms with Gasteiger partial charge < -0.3 is 98.1 Å². The normalized spacial score (nSPS) is 55.5. The summed E-state index contributed by atoms with van der Waals surface area (Å²) in [6, 6.07) is 0. The molecule has 12 unspecified atom stereocenters. The minimum atomic E-state index is -1.48. The van der Waals surface area contributed by atoms with Gasteiger partial charge in [0, 0.05) is 5.92 Å². The average molecular weight is 755 g/mol. The van der Waals surface area contributed by atoms with Gasteiger partial charge in [-0.3, -0.25) is 0 Å². The first kappa shape index (κ1) is 38.1. The Morgan fingerprint density at radius 1 is 0.404 bits per heavy atom. The zero-order valence-electron chi connectivity index (χ0n) is 28.5. The molecule has 11 saturated heterocycles. The zero-order chi connectivity index (χ0) is 36.8. The molecule has 9 N–H and O–H groups in total. The van der Waals surface area contributed by atoms with E-state index in [0.717, 1.165) is 0 Å². The Morgan fingerprint density at radius 3 is 1.06 bits per heavy atom. The van der Waals surface area contributed by atoms with Crippen molar-refractivity contribution >= 4 is 0 Å². The van der Waals surface area contributed by atoms with E-state index in [0.29, 0.717) is 0 Å². The molecule has 0 aliphatic carbocycles. The summed E-state index contributed by atoms with van der Waals surface area (Å²) in [4.78, 5) is 0. The summed E-state index contributed by atoms with van der Waals surface area (Å²) in [5.74, 6) is -7.34. The van der Waals surface area contributed by atoms with Crippen molar-refractivity contribution in [2.45, 2.75) is 103 Å². The van der Waals surface area contributed by atoms with Gasteiger partial charge in [0.05, 0.1) is 115 Å². The van der Waals surface area contributed by atoms with Crippen LogP contribution in [0.3, 0.4) is 0 Å². The van der Waals surface area contributed by atoms with E-state index >= 15 is 0 Å². The fourth-order valence-electron chi connectivity index (χ4n) is 9.21. The van der Waals surface area contributed by atoms with Gasteiger partial charge in [0.2, 0.25) is 0 Å². The van der Waals surface area contributed by atoms with Crippen LogP contribution < -0.4 is 0 Å². The molecule has 0 aromatic carbocycles. The van der Waals surface area contributed by atoms with E-state index in [-0.39, 0.29) is 52.2 Å². The van der Waals surface area contributed by atoms with Gasteiger partial charge in [0.25, 0.3) is 0 Å². The van der Waals surface area contributed by atoms with Crippen LogP contribution in [0.5, 0.6) is 0 Å². The highest BCUT2D eigenvalue weighted by Crippen LogP contribution is 2.52. The van der Waals surface area contributed by atoms with Crippen LogP contribution in [0.2, 0.25) is 0 Å². The SMILES string of the molecule is C[C@H]1C2OC1(CO)O[C@H](COC[C@H]1C3OC1(CO)O[C@H](COC[C@H]1C4OC1(CO)O[C@H](COC[C@H]1C5OC1(CO)O[C@H](CO)C5O)C4O)C3O)C2O. The molecule has 298 valence electrons. The number of aliphatic hydroxyl groups is 9. The molecule has 0 radical (unpaired) electrons. The Labute approximate surface area is 297 Å². The standard InChI is InChI=1S/C32H50O20/c1-13-25-22(39)18(46-29(13,9-34)49-25)6-42-4-15-27-24(41)20(48-31(15,11-36)51-27)8-44-5-16-28-23(40)19(47-32(16,12-37)52-28)7-43-3-14-26-21(38)17(2-33)45-30(14,10-35)50-26/h13-28,33-41H,2-12H2,1H3/t13-,14-,15-,16-,17+,18+,19+,20+,21?,22?,23?,24?,25?,26?,27?,28?,29?,30?,31?,32?/m0/s1. The third kappa shape index (κ3) is 5.57. The van der Waals surface area contributed by atoms with Crippen LogP contribution in [0.1, 0.15) is 6.92 Å². The van der Waals surface area contributed by atoms with Gasteiger partial charge in [0.1, 0.15) is 48.8 Å². The monoisotopic (exact) mass is 754 g/mol. The summed E-state index contributed by atoms with van der Waals surface area (Å²) in [5, 5.41) is 92.5. The molecule has 20 heteroatoms. The second kappa shape index (κ2) is 14.0. The van der Waals surface area contributed by atoms with Crippen molar-refractivity contribution < 1.29 is 98.1 Å². The Hall–Kier alpha value is -0.800. The lowest BCUT2D eigenvalue weighted by molar-refractivity contribution is -0.481. The molecule has 11 rings (SSSR count). The van der Waals surface area contributed by atoms with Crippen LogP contribution in [0, 0.1) is 23.7 Å². The average Bonchev–Trinajstić information content (AvgIpc) is 3.14. The summed E-state index contributed by atoms with van der Waals surface area (Å²) in [6.45, 7) is -0.801. The van der Waals surface area contributed by atoms with Crippen molar-refractivity contribution in [1.29, 1.82) is 0 Å². The van der Waals surface area contributed by atoms with Crippen LogP contribution in [0.15, 0.2) is 0 Å². The Balaban J connectivity index is 0.791. The maximum absolute atomic E-state index is 11.0. The molecule has 11 aliphatic rings. The summed E-state index contributed by atoms with van der Waals surface area (Å²) in [7, 11) is 0. The number of hydrogen-bond donors (Lipinski definition) is 9. The molecule has 11 fully saturated rings. The van der Waals surface area contributed by atoms with E-state index < -0.39 is 141 Å². The minimum Gasteiger partial charge on any atom is -0.394 e. The van der Waals surface area contributed by atoms with Crippen LogP contribution in [0.4, 0.5) is 0 Å². The molecule has 20 atom stereocenters. The van der Waals surface area contributed by atoms with Crippen molar-refractivity contribution in [2.24, 2.45) is 23.7 Å². The fraction of sp³-hybridized carbons (Fsp3) is 1.00. The number of fused-ring (bicyclic) bond motifs is 8. The van der Waals surface area contributed by atoms with E-state index in [9.17, 15) is 46.0 Å². The Morgan fingerprint density at radius 2 is 0.712 bits per heavy atom. The molecule has 0 aromatic heterocycles. The van der Waals surface area contributed by atoms with Crippen molar-refractivity contribution in [3.8, 4) is 0 Å². The molecule has 0 spiro atoms. The summed E-state index contributed by atoms with van der Waals surface area (Å²) in [5.41, 5.74) is 0. The van der Waals surface area contributed by atoms with Gasteiger partial charge in [-0.25, -0.2) is 0 Å². The molecular formula is C32H50O20. The van der Waals surface area contributed by atoms with Crippen LogP contribution in [-0.4, -0.2) is 215 Å². The topological polar surface area (TPSA) is 284 Å². The van der Waals surface area contributed by atoms with Crippen LogP contribution in [-0.2, 0) is 52.1 Å². The molecule has 11 heterocycles. The van der Waals surface area contributed by atoms with Gasteiger partial charge >= 0.3 is 0 Å². The predicted molar refractivity (Wildman–Crippen MR) is 161 cm³/mol. The molecule has 52 heavy (non-hydrogen) atoms. The summed E-state index contributed by atoms with van der Waals surface area (Å²) in [6.07, 6.45) is -10.5. The molecule has 0 amide bonds. The van der Waals surface area contributed by atoms with Gasteiger partial charge in [-0.2, -0.15) is 0 Å². The fourth-order valence-corrected chi connectivity index (χ4v) is 9.21. The van der Waals surface area contributed by atoms with Crippen LogP contribution >= 0.6 is 0 Å². The second-order valence-corrected chi connectivity index (χ2v) is 15.2. The smallest absolute Gasteiger partial charge is 0.200 e. The van der Waals surface area contributed by atoms with Gasteiger partial charge in [-0.05, 0) is 0 Å². The number of aliphatic hydroxyl groups excluding tert-OH is 9. The van der Waals surface area contributed by atoms with E-state index in [2.05, 4.69) is 0 Å². The first-order chi connectivity index (χ1) is 24.9. The summed E-state index contributed by atoms with van der Waals surface area (Å²) >= 11 is 0. The van der Waals surface area contributed by atoms with Gasteiger partial charge in [-0.15, -0.1) is 0 Å². The molecule has 11 aliphatic heterocycles. The predicted octanol–water partition coefficient (Wildman–Crippen LogP) is -6.10. The highest BCUT2D eigenvalue weighted by Gasteiger charge is 2.69. The number of hydrogen-bond acceptors (Lipinski definition) is 20. The van der Waals surface area contributed by atoms with Crippen molar-refractivity contribution in [2.75, 3.05) is 72.7 Å². The van der Waals surface area contributed by atoms with Crippen molar-refractivity contribution in [3.05, 3.63) is 0 Å². The van der Waals surface area contributed by atoms with Crippen molar-refractivity contribution in [3.63, 3.8) is 0 Å². The molecule has 0 aromatic rings. The van der Waals surface area contributed by atoms with E-state index in [4.69, 9.17) is 52.1 Å².